The Labute approximate surface area is 193 Å². The predicted octanol–water partition coefficient (Wildman–Crippen LogP) is -0.220. The smallest absolute Gasteiger partial charge is 0.370 e. The number of aliphatic hydroxyl groups is 1. The highest BCUT2D eigenvalue weighted by Crippen LogP contribution is 2.26. The van der Waals surface area contributed by atoms with Gasteiger partial charge in [0.1, 0.15) is 18.8 Å². The quantitative estimate of drug-likeness (QED) is 0.0975. The van der Waals surface area contributed by atoms with Gasteiger partial charge in [0.25, 0.3) is 0 Å². The van der Waals surface area contributed by atoms with Crippen molar-refractivity contribution in [2.24, 2.45) is 16.5 Å². The zero-order valence-electron chi connectivity index (χ0n) is 19.4. The van der Waals surface area contributed by atoms with Crippen LogP contribution < -0.4 is 16.8 Å². The number of carboxylic acids is 1. The summed E-state index contributed by atoms with van der Waals surface area (Å²) in [6.07, 6.45) is 2.45. The van der Waals surface area contributed by atoms with Crippen molar-refractivity contribution in [2.75, 3.05) is 13.7 Å². The minimum absolute atomic E-state index is 0.223. The minimum atomic E-state index is -1.39. The highest BCUT2D eigenvalue weighted by molar-refractivity contribution is 5.85. The average Bonchev–Trinajstić information content (AvgIpc) is 2.73. The number of carboxylic acid groups (broad SMARTS) is 1. The first kappa shape index (κ1) is 28.2. The Balaban J connectivity index is 2.94. The van der Waals surface area contributed by atoms with Crippen LogP contribution in [0.15, 0.2) is 16.8 Å². The molecule has 1 unspecified atom stereocenters. The lowest BCUT2D eigenvalue weighted by molar-refractivity contribution is -0.159. The third-order valence-corrected chi connectivity index (χ3v) is 5.06. The van der Waals surface area contributed by atoms with E-state index >= 15 is 0 Å². The van der Waals surface area contributed by atoms with Crippen molar-refractivity contribution in [3.63, 3.8) is 0 Å². The number of aliphatic imine (C=N–C) groups is 1. The van der Waals surface area contributed by atoms with Crippen LogP contribution in [0.4, 0.5) is 0 Å². The summed E-state index contributed by atoms with van der Waals surface area (Å²) in [7, 11) is 1.27. The maximum absolute atomic E-state index is 12.0. The van der Waals surface area contributed by atoms with Crippen LogP contribution >= 0.6 is 0 Å². The Morgan fingerprint density at radius 2 is 1.91 bits per heavy atom. The van der Waals surface area contributed by atoms with E-state index in [9.17, 15) is 24.6 Å². The molecule has 0 aliphatic carbocycles. The van der Waals surface area contributed by atoms with E-state index in [1.807, 2.05) is 0 Å². The van der Waals surface area contributed by atoms with Gasteiger partial charge in [0.05, 0.1) is 12.1 Å². The molecule has 0 aromatic heterocycles. The van der Waals surface area contributed by atoms with E-state index in [4.69, 9.17) is 25.7 Å². The van der Waals surface area contributed by atoms with E-state index in [0.717, 1.165) is 31.8 Å². The largest absolute Gasteiger partial charge is 0.478 e. The van der Waals surface area contributed by atoms with Crippen molar-refractivity contribution in [1.29, 1.82) is 0 Å². The zero-order valence-corrected chi connectivity index (χ0v) is 19.4. The van der Waals surface area contributed by atoms with Crippen LogP contribution in [0.1, 0.15) is 52.4 Å². The molecule has 1 aliphatic heterocycles. The fourth-order valence-electron chi connectivity index (χ4n) is 3.53. The molecule has 188 valence electrons. The summed E-state index contributed by atoms with van der Waals surface area (Å²) in [6.45, 7) is 2.95. The number of carbonyl (C=O) groups excluding carboxylic acids is 2. The molecule has 1 heterocycles. The van der Waals surface area contributed by atoms with E-state index in [-0.39, 0.29) is 12.4 Å². The van der Waals surface area contributed by atoms with Gasteiger partial charge in [0, 0.05) is 20.5 Å². The third-order valence-electron chi connectivity index (χ3n) is 5.06. The molecule has 1 rings (SSSR count). The number of guanidine groups is 1. The number of esters is 1. The highest BCUT2D eigenvalue weighted by Gasteiger charge is 2.45. The van der Waals surface area contributed by atoms with Gasteiger partial charge in [-0.1, -0.05) is 32.6 Å². The molecule has 0 saturated heterocycles. The molecule has 12 nitrogen and oxygen atoms in total. The van der Waals surface area contributed by atoms with Crippen LogP contribution in [0.3, 0.4) is 0 Å². The van der Waals surface area contributed by atoms with Crippen molar-refractivity contribution < 1.29 is 38.8 Å². The van der Waals surface area contributed by atoms with E-state index < -0.39 is 60.6 Å². The maximum Gasteiger partial charge on any atom is 0.370 e. The molecule has 0 fully saturated rings. The molecule has 0 aromatic rings. The number of nitrogens with zero attached hydrogens (tertiary/aromatic N) is 1. The van der Waals surface area contributed by atoms with Crippen molar-refractivity contribution >= 4 is 23.8 Å². The SMILES string of the molecule is CCCCCCCC(=O)OC[C@@H](O)[C@H](OC)C1OC(C(=O)O)=C[C@H](N=C(N)N)[C@H]1NC(C)=O. The molecule has 0 spiro atoms. The average molecular weight is 473 g/mol. The predicted molar refractivity (Wildman–Crippen MR) is 119 cm³/mol. The van der Waals surface area contributed by atoms with Gasteiger partial charge in [-0.05, 0) is 12.5 Å². The molecule has 0 radical (unpaired) electrons. The Bertz CT molecular complexity index is 723. The Morgan fingerprint density at radius 3 is 2.45 bits per heavy atom. The monoisotopic (exact) mass is 472 g/mol. The van der Waals surface area contributed by atoms with Gasteiger partial charge >= 0.3 is 11.9 Å². The Hall–Kier alpha value is -2.86. The number of aliphatic carboxylic acids is 1. The van der Waals surface area contributed by atoms with Gasteiger partial charge in [-0.3, -0.25) is 9.59 Å². The molecule has 12 heteroatoms. The summed E-state index contributed by atoms with van der Waals surface area (Å²) in [5.41, 5.74) is 10.9. The third kappa shape index (κ3) is 9.66. The van der Waals surface area contributed by atoms with Gasteiger partial charge in [0.15, 0.2) is 12.1 Å². The first-order valence-electron chi connectivity index (χ1n) is 10.9. The Morgan fingerprint density at radius 1 is 1.24 bits per heavy atom. The number of rotatable bonds is 14. The standard InChI is InChI=1S/C21H36N4O8/c1-4-5-6-7-8-9-16(28)32-11-14(27)18(31-3)19-17(24-12(2)26)13(25-21(22)23)10-15(33-19)20(29)30/h10,13-14,17-19,27H,4-9,11H2,1-3H3,(H,24,26)(H,29,30)(H4,22,23,25)/t13-,14+,17+,18-,19?/m0/s1. The van der Waals surface area contributed by atoms with E-state index in [1.54, 1.807) is 0 Å². The number of hydrogen-bond donors (Lipinski definition) is 5. The summed E-state index contributed by atoms with van der Waals surface area (Å²) in [4.78, 5) is 39.3. The number of aliphatic hydroxyl groups excluding tert-OH is 1. The number of methoxy groups -OCH3 is 1. The highest BCUT2D eigenvalue weighted by atomic mass is 16.6. The maximum atomic E-state index is 12.0. The molecular weight excluding hydrogens is 436 g/mol. The number of carbonyl (C=O) groups is 3. The lowest BCUT2D eigenvalue weighted by atomic mass is 9.92. The van der Waals surface area contributed by atoms with E-state index in [0.29, 0.717) is 6.42 Å². The van der Waals surface area contributed by atoms with Gasteiger partial charge in [-0.25, -0.2) is 9.79 Å². The van der Waals surface area contributed by atoms with E-state index in [2.05, 4.69) is 17.2 Å². The zero-order chi connectivity index (χ0) is 25.0. The number of amides is 1. The molecule has 5 atom stereocenters. The van der Waals surface area contributed by atoms with Crippen LogP contribution in [0, 0.1) is 0 Å². The molecule has 33 heavy (non-hydrogen) atoms. The van der Waals surface area contributed by atoms with Crippen molar-refractivity contribution in [3.8, 4) is 0 Å². The van der Waals surface area contributed by atoms with Crippen LogP contribution in [-0.2, 0) is 28.6 Å². The van der Waals surface area contributed by atoms with Crippen LogP contribution in [0.2, 0.25) is 0 Å². The number of nitrogens with one attached hydrogen (secondary N) is 1. The fraction of sp³-hybridized carbons (Fsp3) is 0.714. The van der Waals surface area contributed by atoms with Gasteiger partial charge in [-0.2, -0.15) is 0 Å². The lowest BCUT2D eigenvalue weighted by Crippen LogP contribution is -2.60. The summed E-state index contributed by atoms with van der Waals surface area (Å²) in [5.74, 6) is -3.13. The van der Waals surface area contributed by atoms with Gasteiger partial charge in [-0.15, -0.1) is 0 Å². The second-order valence-corrected chi connectivity index (χ2v) is 7.80. The molecule has 1 aliphatic rings. The van der Waals surface area contributed by atoms with Crippen LogP contribution in [0.5, 0.6) is 0 Å². The van der Waals surface area contributed by atoms with Crippen LogP contribution in [0.25, 0.3) is 0 Å². The first-order chi connectivity index (χ1) is 15.6. The molecule has 7 N–H and O–H groups in total. The molecule has 0 saturated carbocycles. The normalized spacial score (nSPS) is 21.7. The number of nitrogens with two attached hydrogens (primary N) is 2. The van der Waals surface area contributed by atoms with E-state index in [1.165, 1.54) is 14.0 Å². The fourth-order valence-corrected chi connectivity index (χ4v) is 3.53. The Kier molecular flexibility index (Phi) is 12.2. The number of hydrogen-bond acceptors (Lipinski definition) is 8. The lowest BCUT2D eigenvalue weighted by Gasteiger charge is -2.40. The molecular formula is C21H36N4O8. The summed E-state index contributed by atoms with van der Waals surface area (Å²) in [6, 6.07) is -1.97. The van der Waals surface area contributed by atoms with Crippen molar-refractivity contribution in [3.05, 3.63) is 11.8 Å². The number of unbranched alkanes of at least 4 members (excludes halogenated alkanes) is 4. The van der Waals surface area contributed by atoms with Gasteiger partial charge < -0.3 is 41.2 Å². The molecule has 0 bridgehead atoms. The van der Waals surface area contributed by atoms with Gasteiger partial charge in [0.2, 0.25) is 11.7 Å². The summed E-state index contributed by atoms with van der Waals surface area (Å²) >= 11 is 0. The first-order valence-corrected chi connectivity index (χ1v) is 10.9. The summed E-state index contributed by atoms with van der Waals surface area (Å²) < 4.78 is 16.0. The minimum Gasteiger partial charge on any atom is -0.478 e. The van der Waals surface area contributed by atoms with Crippen molar-refractivity contribution in [2.45, 2.75) is 82.8 Å². The molecule has 1 amide bonds. The van der Waals surface area contributed by atoms with Crippen molar-refractivity contribution in [1.82, 2.24) is 5.32 Å². The topological polar surface area (TPSA) is 196 Å². The number of ether oxygens (including phenoxy) is 3. The van der Waals surface area contributed by atoms with Crippen LogP contribution in [-0.4, -0.2) is 78.1 Å². The summed E-state index contributed by atoms with van der Waals surface area (Å²) in [5, 5.41) is 22.7. The molecule has 0 aromatic carbocycles. The second-order valence-electron chi connectivity index (χ2n) is 7.80. The second kappa shape index (κ2) is 14.3.